The lowest BCUT2D eigenvalue weighted by atomic mass is 10.1. The zero-order valence-corrected chi connectivity index (χ0v) is 19.5. The first-order valence-corrected chi connectivity index (χ1v) is 12.8. The number of morpholine rings is 1. The second-order valence-electron chi connectivity index (χ2n) is 8.09. The highest BCUT2D eigenvalue weighted by molar-refractivity contribution is 7.89. The second kappa shape index (κ2) is 10.2. The van der Waals surface area contributed by atoms with E-state index >= 15 is 0 Å². The largest absolute Gasteiger partial charge is 0.379 e. The predicted octanol–water partition coefficient (Wildman–Crippen LogP) is 3.53. The van der Waals surface area contributed by atoms with Crippen LogP contribution in [0.2, 0.25) is 5.02 Å². The summed E-state index contributed by atoms with van der Waals surface area (Å²) in [7, 11) is -3.66. The standard InChI is InChI=1S/C23H28ClN3O4S/c24-19-6-4-18(5-7-19)16-23(28)25-21-17-20(32(29,30)27-12-14-31-15-13-27)8-9-22(21)26-10-2-1-3-11-26/h4-9,17H,1-3,10-16H2,(H,25,28). The number of anilines is 2. The van der Waals surface area contributed by atoms with Crippen LogP contribution >= 0.6 is 11.6 Å². The molecule has 0 saturated carbocycles. The molecule has 0 unspecified atom stereocenters. The van der Waals surface area contributed by atoms with E-state index in [1.54, 1.807) is 24.3 Å². The molecule has 2 saturated heterocycles. The third-order valence-corrected chi connectivity index (χ3v) is 7.97. The molecule has 2 aromatic rings. The van der Waals surface area contributed by atoms with Gasteiger partial charge in [0.25, 0.3) is 0 Å². The van der Waals surface area contributed by atoms with Gasteiger partial charge in [0.2, 0.25) is 15.9 Å². The van der Waals surface area contributed by atoms with Crippen LogP contribution in [0.4, 0.5) is 11.4 Å². The normalized spacial score (nSPS) is 17.8. The summed E-state index contributed by atoms with van der Waals surface area (Å²) in [5.41, 5.74) is 2.22. The maximum Gasteiger partial charge on any atom is 0.243 e. The number of nitrogens with zero attached hydrogens (tertiary/aromatic N) is 2. The molecule has 1 amide bonds. The van der Waals surface area contributed by atoms with Crippen LogP contribution in [0.3, 0.4) is 0 Å². The fraction of sp³-hybridized carbons (Fsp3) is 0.435. The van der Waals surface area contributed by atoms with Gasteiger partial charge in [0.15, 0.2) is 0 Å². The lowest BCUT2D eigenvalue weighted by molar-refractivity contribution is -0.115. The summed E-state index contributed by atoms with van der Waals surface area (Å²) in [5.74, 6) is -0.202. The van der Waals surface area contributed by atoms with Crippen molar-refractivity contribution in [2.45, 2.75) is 30.6 Å². The van der Waals surface area contributed by atoms with Crippen molar-refractivity contribution in [3.8, 4) is 0 Å². The summed E-state index contributed by atoms with van der Waals surface area (Å²) in [6.07, 6.45) is 3.51. The van der Waals surface area contributed by atoms with Crippen molar-refractivity contribution < 1.29 is 17.9 Å². The van der Waals surface area contributed by atoms with Gasteiger partial charge < -0.3 is 15.0 Å². The molecule has 7 nitrogen and oxygen atoms in total. The summed E-state index contributed by atoms with van der Waals surface area (Å²) < 4.78 is 33.1. The molecule has 0 atom stereocenters. The minimum Gasteiger partial charge on any atom is -0.379 e. The van der Waals surface area contributed by atoms with Crippen LogP contribution < -0.4 is 10.2 Å². The number of ether oxygens (including phenoxy) is 1. The summed E-state index contributed by atoms with van der Waals surface area (Å²) >= 11 is 5.93. The molecule has 0 bridgehead atoms. The highest BCUT2D eigenvalue weighted by atomic mass is 35.5. The summed E-state index contributed by atoms with van der Waals surface area (Å²) in [5, 5.41) is 3.58. The Bertz CT molecular complexity index is 1050. The molecule has 2 heterocycles. The molecule has 0 aromatic heterocycles. The number of piperidine rings is 1. The number of rotatable bonds is 6. The van der Waals surface area contributed by atoms with Crippen LogP contribution in [0.25, 0.3) is 0 Å². The summed E-state index contributed by atoms with van der Waals surface area (Å²) in [6.45, 7) is 3.19. The molecule has 32 heavy (non-hydrogen) atoms. The highest BCUT2D eigenvalue weighted by Gasteiger charge is 2.28. The first-order valence-electron chi connectivity index (χ1n) is 10.9. The van der Waals surface area contributed by atoms with Gasteiger partial charge in [0.1, 0.15) is 0 Å². The number of amides is 1. The molecule has 2 fully saturated rings. The molecule has 0 spiro atoms. The quantitative estimate of drug-likeness (QED) is 0.688. The van der Waals surface area contributed by atoms with Crippen molar-refractivity contribution in [3.05, 3.63) is 53.1 Å². The van der Waals surface area contributed by atoms with E-state index in [4.69, 9.17) is 16.3 Å². The fourth-order valence-electron chi connectivity index (χ4n) is 4.10. The Morgan fingerprint density at radius 2 is 1.66 bits per heavy atom. The molecule has 2 aliphatic rings. The van der Waals surface area contributed by atoms with Gasteiger partial charge in [-0.3, -0.25) is 4.79 Å². The van der Waals surface area contributed by atoms with E-state index in [9.17, 15) is 13.2 Å². The van der Waals surface area contributed by atoms with Gasteiger partial charge in [0, 0.05) is 31.2 Å². The summed E-state index contributed by atoms with van der Waals surface area (Å²) in [4.78, 5) is 15.2. The Kier molecular flexibility index (Phi) is 7.35. The molecular weight excluding hydrogens is 450 g/mol. The van der Waals surface area contributed by atoms with Crippen LogP contribution in [0.15, 0.2) is 47.4 Å². The third kappa shape index (κ3) is 5.43. The summed E-state index contributed by atoms with van der Waals surface area (Å²) in [6, 6.07) is 12.2. The van der Waals surface area contributed by atoms with E-state index in [0.29, 0.717) is 37.0 Å². The number of hydrogen-bond acceptors (Lipinski definition) is 5. The van der Waals surface area contributed by atoms with Crippen molar-refractivity contribution in [3.63, 3.8) is 0 Å². The number of nitrogens with one attached hydrogen (secondary N) is 1. The van der Waals surface area contributed by atoms with Crippen molar-refractivity contribution >= 4 is 38.9 Å². The topological polar surface area (TPSA) is 79.0 Å². The molecule has 2 aromatic carbocycles. The van der Waals surface area contributed by atoms with Crippen LogP contribution in [0.5, 0.6) is 0 Å². The SMILES string of the molecule is O=C(Cc1ccc(Cl)cc1)Nc1cc(S(=O)(=O)N2CCOCC2)ccc1N1CCCCC1. The lowest BCUT2D eigenvalue weighted by Crippen LogP contribution is -2.40. The number of sulfonamides is 1. The Labute approximate surface area is 194 Å². The molecular formula is C23H28ClN3O4S. The minimum absolute atomic E-state index is 0.178. The monoisotopic (exact) mass is 477 g/mol. The zero-order chi connectivity index (χ0) is 22.6. The maximum absolute atomic E-state index is 13.2. The van der Waals surface area contributed by atoms with Crippen molar-refractivity contribution in [2.24, 2.45) is 0 Å². The smallest absolute Gasteiger partial charge is 0.243 e. The molecule has 9 heteroatoms. The van der Waals surface area contributed by atoms with Crippen LogP contribution in [-0.4, -0.2) is 58.0 Å². The number of halogens is 1. The third-order valence-electron chi connectivity index (χ3n) is 5.82. The van der Waals surface area contributed by atoms with Crippen molar-refractivity contribution in [2.75, 3.05) is 49.6 Å². The first kappa shape index (κ1) is 23.0. The van der Waals surface area contributed by atoms with E-state index < -0.39 is 10.0 Å². The van der Waals surface area contributed by atoms with E-state index in [0.717, 1.165) is 37.2 Å². The molecule has 4 rings (SSSR count). The van der Waals surface area contributed by atoms with E-state index in [1.165, 1.54) is 10.7 Å². The van der Waals surface area contributed by atoms with Gasteiger partial charge >= 0.3 is 0 Å². The Morgan fingerprint density at radius 1 is 0.969 bits per heavy atom. The Hall–Kier alpha value is -2.13. The average Bonchev–Trinajstić information content (AvgIpc) is 2.81. The second-order valence-corrected chi connectivity index (χ2v) is 10.5. The molecule has 172 valence electrons. The molecule has 1 N–H and O–H groups in total. The maximum atomic E-state index is 13.2. The Balaban J connectivity index is 1.61. The molecule has 2 aliphatic heterocycles. The van der Waals surface area contributed by atoms with E-state index in [-0.39, 0.29) is 17.2 Å². The van der Waals surface area contributed by atoms with Gasteiger partial charge in [-0.2, -0.15) is 4.31 Å². The van der Waals surface area contributed by atoms with Crippen LogP contribution in [0.1, 0.15) is 24.8 Å². The van der Waals surface area contributed by atoms with Gasteiger partial charge in [-0.05, 0) is 55.2 Å². The van der Waals surface area contributed by atoms with Gasteiger partial charge in [-0.25, -0.2) is 8.42 Å². The Morgan fingerprint density at radius 3 is 2.34 bits per heavy atom. The zero-order valence-electron chi connectivity index (χ0n) is 17.9. The van der Waals surface area contributed by atoms with Gasteiger partial charge in [-0.15, -0.1) is 0 Å². The van der Waals surface area contributed by atoms with Crippen LogP contribution in [0, 0.1) is 0 Å². The van der Waals surface area contributed by atoms with Crippen molar-refractivity contribution in [1.82, 2.24) is 4.31 Å². The number of benzene rings is 2. The van der Waals surface area contributed by atoms with Gasteiger partial charge in [-0.1, -0.05) is 23.7 Å². The lowest BCUT2D eigenvalue weighted by Gasteiger charge is -2.31. The first-order chi connectivity index (χ1) is 15.4. The number of hydrogen-bond donors (Lipinski definition) is 1. The van der Waals surface area contributed by atoms with E-state index in [2.05, 4.69) is 10.2 Å². The van der Waals surface area contributed by atoms with Crippen LogP contribution in [-0.2, 0) is 26.0 Å². The molecule has 0 radical (unpaired) electrons. The fourth-order valence-corrected chi connectivity index (χ4v) is 5.67. The number of carbonyl (C=O) groups is 1. The minimum atomic E-state index is -3.66. The average molecular weight is 478 g/mol. The molecule has 0 aliphatic carbocycles. The highest BCUT2D eigenvalue weighted by Crippen LogP contribution is 2.32. The van der Waals surface area contributed by atoms with E-state index in [1.807, 2.05) is 18.2 Å². The predicted molar refractivity (Wildman–Crippen MR) is 126 cm³/mol. The van der Waals surface area contributed by atoms with Crippen molar-refractivity contribution in [1.29, 1.82) is 0 Å². The number of carbonyl (C=O) groups excluding carboxylic acids is 1. The van der Waals surface area contributed by atoms with Gasteiger partial charge in [0.05, 0.1) is 35.9 Å².